The van der Waals surface area contributed by atoms with E-state index in [0.717, 1.165) is 5.84 Å². The van der Waals surface area contributed by atoms with Gasteiger partial charge in [0.05, 0.1) is 0 Å². The van der Waals surface area contributed by atoms with Gasteiger partial charge in [-0.05, 0) is 19.9 Å². The molecule has 0 amide bonds. The average Bonchev–Trinajstić information content (AvgIpc) is 1.85. The Kier molecular flexibility index (Phi) is 2.25. The van der Waals surface area contributed by atoms with Gasteiger partial charge in [-0.1, -0.05) is 6.08 Å². The van der Waals surface area contributed by atoms with Crippen molar-refractivity contribution in [2.75, 3.05) is 0 Å². The second-order valence-electron chi connectivity index (χ2n) is 2.29. The van der Waals surface area contributed by atoms with Crippen LogP contribution >= 0.6 is 0 Å². The van der Waals surface area contributed by atoms with Gasteiger partial charge in [-0.25, -0.2) is 9.98 Å². The molecule has 0 aliphatic carbocycles. The summed E-state index contributed by atoms with van der Waals surface area (Å²) in [6.07, 6.45) is 3.69. The Morgan fingerprint density at radius 3 is 2.82 bits per heavy atom. The Hall–Kier alpha value is -1.32. The van der Waals surface area contributed by atoms with E-state index in [2.05, 4.69) is 15.3 Å². The fraction of sp³-hybridized carbons (Fsp3) is 0.429. The molecule has 0 fully saturated rings. The number of guanidine groups is 1. The van der Waals surface area contributed by atoms with Crippen LogP contribution in [0.3, 0.4) is 0 Å². The van der Waals surface area contributed by atoms with Crippen molar-refractivity contribution in [2.24, 2.45) is 15.7 Å². The lowest BCUT2D eigenvalue weighted by molar-refractivity contribution is 0.769. The number of amidine groups is 1. The lowest BCUT2D eigenvalue weighted by atomic mass is 10.4. The Bertz CT molecular complexity index is 227. The number of nitrogens with zero attached hydrogens (tertiary/aromatic N) is 2. The Morgan fingerprint density at radius 2 is 2.27 bits per heavy atom. The Morgan fingerprint density at radius 1 is 1.55 bits per heavy atom. The topological polar surface area (TPSA) is 62.8 Å². The quantitative estimate of drug-likeness (QED) is 0.564. The minimum absolute atomic E-state index is 0.0672. The number of aliphatic imine (C=N–C) groups is 2. The highest BCUT2D eigenvalue weighted by Crippen LogP contribution is 1.96. The molecule has 11 heavy (non-hydrogen) atoms. The number of rotatable bonds is 1. The summed E-state index contributed by atoms with van der Waals surface area (Å²) in [7, 11) is 0. The summed E-state index contributed by atoms with van der Waals surface area (Å²) in [5, 5.41) is 2.84. The number of nitrogens with one attached hydrogen (secondary N) is 1. The van der Waals surface area contributed by atoms with Gasteiger partial charge >= 0.3 is 0 Å². The molecule has 1 aliphatic heterocycles. The van der Waals surface area contributed by atoms with Crippen molar-refractivity contribution in [3.63, 3.8) is 0 Å². The van der Waals surface area contributed by atoms with Gasteiger partial charge in [0.25, 0.3) is 0 Å². The third-order valence-electron chi connectivity index (χ3n) is 1.23. The third-order valence-corrected chi connectivity index (χ3v) is 1.23. The zero-order chi connectivity index (χ0) is 8.27. The molecule has 1 heterocycles. The molecule has 60 valence electrons. The van der Waals surface area contributed by atoms with Crippen LogP contribution in [-0.2, 0) is 0 Å². The second-order valence-corrected chi connectivity index (χ2v) is 2.29. The molecular weight excluding hydrogens is 140 g/mol. The highest BCUT2D eigenvalue weighted by molar-refractivity contribution is 6.05. The summed E-state index contributed by atoms with van der Waals surface area (Å²) in [6.45, 7) is 3.81. The van der Waals surface area contributed by atoms with Crippen molar-refractivity contribution in [1.82, 2.24) is 5.32 Å². The molecule has 0 radical (unpaired) electrons. The van der Waals surface area contributed by atoms with Gasteiger partial charge in [-0.2, -0.15) is 0 Å². The van der Waals surface area contributed by atoms with Crippen molar-refractivity contribution in [3.05, 3.63) is 12.2 Å². The van der Waals surface area contributed by atoms with E-state index in [4.69, 9.17) is 5.73 Å². The molecule has 0 aromatic rings. The lowest BCUT2D eigenvalue weighted by Gasteiger charge is -2.13. The highest BCUT2D eigenvalue weighted by atomic mass is 15.2. The third kappa shape index (κ3) is 2.07. The van der Waals surface area contributed by atoms with Gasteiger partial charge in [-0.15, -0.1) is 0 Å². The van der Waals surface area contributed by atoms with Crippen LogP contribution in [0.2, 0.25) is 0 Å². The standard InChI is InChI=1S/C7H12N4/c1-3-4-6-9-5(2)10-7(8)11-6/h3-5H,1-2H3,(H3,8,9,10,11). The van der Waals surface area contributed by atoms with E-state index < -0.39 is 0 Å². The van der Waals surface area contributed by atoms with Crippen molar-refractivity contribution in [1.29, 1.82) is 0 Å². The van der Waals surface area contributed by atoms with Crippen LogP contribution in [-0.4, -0.2) is 18.0 Å². The van der Waals surface area contributed by atoms with E-state index in [0.29, 0.717) is 5.96 Å². The van der Waals surface area contributed by atoms with Crippen LogP contribution in [0.4, 0.5) is 0 Å². The molecule has 0 saturated carbocycles. The Labute approximate surface area is 65.9 Å². The number of hydrogen-bond acceptors (Lipinski definition) is 4. The molecule has 1 rings (SSSR count). The van der Waals surface area contributed by atoms with E-state index in [1.807, 2.05) is 26.0 Å². The van der Waals surface area contributed by atoms with Crippen LogP contribution in [0.15, 0.2) is 22.1 Å². The molecule has 3 N–H and O–H groups in total. The van der Waals surface area contributed by atoms with Crippen molar-refractivity contribution >= 4 is 11.8 Å². The van der Waals surface area contributed by atoms with Crippen LogP contribution in [0.1, 0.15) is 13.8 Å². The summed E-state index contributed by atoms with van der Waals surface area (Å²) in [5.41, 5.74) is 5.47. The second kappa shape index (κ2) is 3.18. The predicted octanol–water partition coefficient (Wildman–Crippen LogP) is 0.225. The minimum atomic E-state index is -0.0672. The smallest absolute Gasteiger partial charge is 0.196 e. The summed E-state index contributed by atoms with van der Waals surface area (Å²) >= 11 is 0. The maximum Gasteiger partial charge on any atom is 0.196 e. The van der Waals surface area contributed by atoms with Crippen LogP contribution in [0.25, 0.3) is 0 Å². The predicted molar refractivity (Wildman–Crippen MR) is 46.5 cm³/mol. The number of allylic oxidation sites excluding steroid dienone is 1. The molecule has 0 aromatic heterocycles. The van der Waals surface area contributed by atoms with Crippen LogP contribution in [0, 0.1) is 0 Å². The van der Waals surface area contributed by atoms with E-state index >= 15 is 0 Å². The average molecular weight is 152 g/mol. The molecule has 1 unspecified atom stereocenters. The van der Waals surface area contributed by atoms with Gasteiger partial charge in [0.1, 0.15) is 12.0 Å². The monoisotopic (exact) mass is 152 g/mol. The van der Waals surface area contributed by atoms with Gasteiger partial charge < -0.3 is 11.1 Å². The molecule has 1 aliphatic rings. The van der Waals surface area contributed by atoms with E-state index in [-0.39, 0.29) is 6.17 Å². The van der Waals surface area contributed by atoms with Crippen LogP contribution in [0.5, 0.6) is 0 Å². The molecule has 0 spiro atoms. The summed E-state index contributed by atoms with van der Waals surface area (Å²) < 4.78 is 0. The number of hydrogen-bond donors (Lipinski definition) is 2. The van der Waals surface area contributed by atoms with E-state index in [1.54, 1.807) is 0 Å². The van der Waals surface area contributed by atoms with Crippen molar-refractivity contribution < 1.29 is 0 Å². The van der Waals surface area contributed by atoms with Gasteiger partial charge in [0.15, 0.2) is 5.96 Å². The molecule has 0 bridgehead atoms. The van der Waals surface area contributed by atoms with Gasteiger partial charge in [0, 0.05) is 0 Å². The minimum Gasteiger partial charge on any atom is -0.370 e. The molecule has 1 atom stereocenters. The first kappa shape index (κ1) is 7.78. The first-order valence-electron chi connectivity index (χ1n) is 3.53. The lowest BCUT2D eigenvalue weighted by Crippen LogP contribution is -2.40. The van der Waals surface area contributed by atoms with Crippen molar-refractivity contribution in [3.8, 4) is 0 Å². The van der Waals surface area contributed by atoms with E-state index in [9.17, 15) is 0 Å². The first-order valence-corrected chi connectivity index (χ1v) is 3.53. The summed E-state index contributed by atoms with van der Waals surface area (Å²) in [4.78, 5) is 8.15. The van der Waals surface area contributed by atoms with Crippen LogP contribution < -0.4 is 11.1 Å². The largest absolute Gasteiger partial charge is 0.370 e. The fourth-order valence-electron chi connectivity index (χ4n) is 0.870. The maximum absolute atomic E-state index is 5.47. The highest BCUT2D eigenvalue weighted by Gasteiger charge is 2.06. The van der Waals surface area contributed by atoms with Gasteiger partial charge in [-0.3, -0.25) is 0 Å². The Balaban J connectivity index is 2.71. The van der Waals surface area contributed by atoms with Gasteiger partial charge in [0.2, 0.25) is 0 Å². The molecule has 0 saturated heterocycles. The zero-order valence-corrected chi connectivity index (χ0v) is 6.70. The summed E-state index contributed by atoms with van der Waals surface area (Å²) in [5.74, 6) is 1.20. The molecule has 4 heteroatoms. The molecule has 4 nitrogen and oxygen atoms in total. The maximum atomic E-state index is 5.47. The SMILES string of the molecule is CC=CC1=NC(C)N=C(N)N1. The van der Waals surface area contributed by atoms with E-state index in [1.165, 1.54) is 0 Å². The molecular formula is C7H12N4. The molecule has 0 aromatic carbocycles. The number of nitrogens with two attached hydrogens (primary N) is 1. The zero-order valence-electron chi connectivity index (χ0n) is 6.70. The first-order chi connectivity index (χ1) is 5.22. The fourth-order valence-corrected chi connectivity index (χ4v) is 0.870. The van der Waals surface area contributed by atoms with Crippen molar-refractivity contribution in [2.45, 2.75) is 20.0 Å². The normalized spacial score (nSPS) is 24.4. The summed E-state index contributed by atoms with van der Waals surface area (Å²) in [6, 6.07) is 0.